The van der Waals surface area contributed by atoms with Crippen molar-refractivity contribution in [3.05, 3.63) is 48.7 Å². The van der Waals surface area contributed by atoms with Gasteiger partial charge in [-0.3, -0.25) is 4.98 Å². The Labute approximate surface area is 94.3 Å². The van der Waals surface area contributed by atoms with Crippen LogP contribution in [-0.4, -0.2) is 18.1 Å². The first-order valence-electron chi connectivity index (χ1n) is 5.21. The van der Waals surface area contributed by atoms with Crippen LogP contribution in [0, 0.1) is 0 Å². The van der Waals surface area contributed by atoms with Gasteiger partial charge in [0, 0.05) is 12.7 Å². The van der Waals surface area contributed by atoms with Crippen LogP contribution in [0.2, 0.25) is 0 Å². The third-order valence-electron chi connectivity index (χ3n) is 2.06. The lowest BCUT2D eigenvalue weighted by molar-refractivity contribution is 0.310. The van der Waals surface area contributed by atoms with Gasteiger partial charge >= 0.3 is 0 Å². The molecule has 0 unspecified atom stereocenters. The van der Waals surface area contributed by atoms with Crippen LogP contribution in [0.5, 0.6) is 5.75 Å². The Morgan fingerprint density at radius 3 is 3.06 bits per heavy atom. The Bertz CT molecular complexity index is 387. The fourth-order valence-corrected chi connectivity index (χ4v) is 1.30. The second-order valence-corrected chi connectivity index (χ2v) is 3.29. The van der Waals surface area contributed by atoms with E-state index in [0.29, 0.717) is 6.61 Å². The molecule has 0 radical (unpaired) electrons. The van der Waals surface area contributed by atoms with Crippen molar-refractivity contribution < 1.29 is 9.15 Å². The van der Waals surface area contributed by atoms with Crippen LogP contribution in [-0.2, 0) is 6.54 Å². The van der Waals surface area contributed by atoms with Gasteiger partial charge in [0.2, 0.25) is 0 Å². The lowest BCUT2D eigenvalue weighted by atomic mass is 10.4. The summed E-state index contributed by atoms with van der Waals surface area (Å²) in [4.78, 5) is 3.96. The molecule has 0 aliphatic rings. The highest BCUT2D eigenvalue weighted by Crippen LogP contribution is 2.05. The quantitative estimate of drug-likeness (QED) is 0.751. The average molecular weight is 218 g/mol. The number of ether oxygens (including phenoxy) is 1. The van der Waals surface area contributed by atoms with Crippen molar-refractivity contribution in [2.75, 3.05) is 13.2 Å². The van der Waals surface area contributed by atoms with Gasteiger partial charge in [-0.15, -0.1) is 0 Å². The molecule has 4 nitrogen and oxygen atoms in total. The number of aromatic nitrogens is 1. The minimum atomic E-state index is 0.617. The largest absolute Gasteiger partial charge is 0.491 e. The molecule has 0 saturated heterocycles. The van der Waals surface area contributed by atoms with Crippen LogP contribution in [0.3, 0.4) is 0 Å². The maximum absolute atomic E-state index is 5.47. The Balaban J connectivity index is 1.59. The Kier molecular flexibility index (Phi) is 3.96. The van der Waals surface area contributed by atoms with Crippen LogP contribution in [0.1, 0.15) is 5.76 Å². The molecule has 0 aliphatic heterocycles. The molecular weight excluding hydrogens is 204 g/mol. The first-order valence-corrected chi connectivity index (χ1v) is 5.21. The summed E-state index contributed by atoms with van der Waals surface area (Å²) in [6.45, 7) is 2.12. The fourth-order valence-electron chi connectivity index (χ4n) is 1.30. The molecule has 0 atom stereocenters. The number of nitrogens with one attached hydrogen (secondary N) is 1. The van der Waals surface area contributed by atoms with Gasteiger partial charge in [-0.05, 0) is 24.3 Å². The lowest BCUT2D eigenvalue weighted by Crippen LogP contribution is -2.20. The van der Waals surface area contributed by atoms with E-state index in [4.69, 9.17) is 9.15 Å². The molecular formula is C12H14N2O2. The maximum Gasteiger partial charge on any atom is 0.137 e. The summed E-state index contributed by atoms with van der Waals surface area (Å²) in [6.07, 6.45) is 5.09. The number of furan rings is 1. The molecule has 0 aliphatic carbocycles. The average Bonchev–Trinajstić information content (AvgIpc) is 2.83. The van der Waals surface area contributed by atoms with E-state index in [1.54, 1.807) is 18.7 Å². The molecule has 0 fully saturated rings. The zero-order chi connectivity index (χ0) is 11.1. The van der Waals surface area contributed by atoms with Crippen molar-refractivity contribution in [2.24, 2.45) is 0 Å². The van der Waals surface area contributed by atoms with Crippen LogP contribution in [0.25, 0.3) is 0 Å². The fraction of sp³-hybridized carbons (Fsp3) is 0.250. The van der Waals surface area contributed by atoms with E-state index in [9.17, 15) is 0 Å². The molecule has 2 heterocycles. The number of hydrogen-bond acceptors (Lipinski definition) is 4. The van der Waals surface area contributed by atoms with E-state index in [2.05, 4.69) is 10.3 Å². The SMILES string of the molecule is c1cncc(OCCNCc2ccco2)c1. The predicted molar refractivity (Wildman–Crippen MR) is 60.1 cm³/mol. The molecule has 0 bridgehead atoms. The second-order valence-electron chi connectivity index (χ2n) is 3.29. The van der Waals surface area contributed by atoms with E-state index >= 15 is 0 Å². The second kappa shape index (κ2) is 5.92. The zero-order valence-corrected chi connectivity index (χ0v) is 8.93. The molecule has 16 heavy (non-hydrogen) atoms. The maximum atomic E-state index is 5.47. The summed E-state index contributed by atoms with van der Waals surface area (Å²) in [6, 6.07) is 7.56. The Morgan fingerprint density at radius 1 is 1.31 bits per heavy atom. The van der Waals surface area contributed by atoms with Crippen molar-refractivity contribution in [1.82, 2.24) is 10.3 Å². The van der Waals surface area contributed by atoms with Crippen molar-refractivity contribution in [3.63, 3.8) is 0 Å². The summed E-state index contributed by atoms with van der Waals surface area (Å²) in [5.74, 6) is 1.73. The number of pyridine rings is 1. The van der Waals surface area contributed by atoms with Gasteiger partial charge in [-0.25, -0.2) is 0 Å². The topological polar surface area (TPSA) is 47.3 Å². The monoisotopic (exact) mass is 218 g/mol. The highest BCUT2D eigenvalue weighted by molar-refractivity contribution is 5.15. The molecule has 1 N–H and O–H groups in total. The van der Waals surface area contributed by atoms with Gasteiger partial charge in [-0.1, -0.05) is 0 Å². The van der Waals surface area contributed by atoms with Crippen LogP contribution >= 0.6 is 0 Å². The van der Waals surface area contributed by atoms with Crippen LogP contribution in [0.4, 0.5) is 0 Å². The first-order chi connectivity index (χ1) is 7.95. The molecule has 84 valence electrons. The Hall–Kier alpha value is -1.81. The van der Waals surface area contributed by atoms with E-state index in [1.807, 2.05) is 24.3 Å². The summed E-state index contributed by atoms with van der Waals surface area (Å²) in [5.41, 5.74) is 0. The van der Waals surface area contributed by atoms with Gasteiger partial charge in [0.05, 0.1) is 19.0 Å². The lowest BCUT2D eigenvalue weighted by Gasteiger charge is -2.05. The van der Waals surface area contributed by atoms with E-state index in [1.165, 1.54) is 0 Å². The molecule has 0 saturated carbocycles. The number of rotatable bonds is 6. The van der Waals surface area contributed by atoms with Crippen LogP contribution < -0.4 is 10.1 Å². The van der Waals surface area contributed by atoms with Crippen molar-refractivity contribution in [3.8, 4) is 5.75 Å². The molecule has 0 aromatic carbocycles. The standard InChI is InChI=1S/C12H14N2O2/c1-3-11(9-13-5-1)16-8-6-14-10-12-4-2-7-15-12/h1-5,7,9,14H,6,8,10H2. The molecule has 2 aromatic heterocycles. The molecule has 2 rings (SSSR count). The van der Waals surface area contributed by atoms with E-state index < -0.39 is 0 Å². The molecule has 2 aromatic rings. The minimum Gasteiger partial charge on any atom is -0.491 e. The molecule has 4 heteroatoms. The van der Waals surface area contributed by atoms with Crippen molar-refractivity contribution in [1.29, 1.82) is 0 Å². The van der Waals surface area contributed by atoms with E-state index in [-0.39, 0.29) is 0 Å². The number of hydrogen-bond donors (Lipinski definition) is 1. The zero-order valence-electron chi connectivity index (χ0n) is 8.93. The minimum absolute atomic E-state index is 0.617. The number of nitrogens with zero attached hydrogens (tertiary/aromatic N) is 1. The van der Waals surface area contributed by atoms with Gasteiger partial charge < -0.3 is 14.5 Å². The van der Waals surface area contributed by atoms with Crippen molar-refractivity contribution in [2.45, 2.75) is 6.54 Å². The van der Waals surface area contributed by atoms with Gasteiger partial charge in [0.15, 0.2) is 0 Å². The molecule has 0 amide bonds. The summed E-state index contributed by atoms with van der Waals surface area (Å²) < 4.78 is 10.7. The third kappa shape index (κ3) is 3.40. The van der Waals surface area contributed by atoms with Crippen molar-refractivity contribution >= 4 is 0 Å². The van der Waals surface area contributed by atoms with Gasteiger partial charge in [0.1, 0.15) is 18.1 Å². The summed E-state index contributed by atoms with van der Waals surface area (Å²) in [7, 11) is 0. The highest BCUT2D eigenvalue weighted by Gasteiger charge is 1.95. The smallest absolute Gasteiger partial charge is 0.137 e. The van der Waals surface area contributed by atoms with Crippen LogP contribution in [0.15, 0.2) is 47.3 Å². The normalized spacial score (nSPS) is 10.2. The highest BCUT2D eigenvalue weighted by atomic mass is 16.5. The Morgan fingerprint density at radius 2 is 2.31 bits per heavy atom. The third-order valence-corrected chi connectivity index (χ3v) is 2.06. The molecule has 0 spiro atoms. The first kappa shape index (κ1) is 10.7. The van der Waals surface area contributed by atoms with E-state index in [0.717, 1.165) is 24.6 Å². The summed E-state index contributed by atoms with van der Waals surface area (Å²) in [5, 5.41) is 3.22. The van der Waals surface area contributed by atoms with Gasteiger partial charge in [0.25, 0.3) is 0 Å². The summed E-state index contributed by atoms with van der Waals surface area (Å²) >= 11 is 0. The van der Waals surface area contributed by atoms with Gasteiger partial charge in [-0.2, -0.15) is 0 Å². The predicted octanol–water partition coefficient (Wildman–Crippen LogP) is 1.84.